The minimum atomic E-state index is -1.02. The van der Waals surface area contributed by atoms with Gasteiger partial charge in [-0.05, 0) is 31.2 Å². The molecule has 0 saturated heterocycles. The molecule has 0 saturated carbocycles. The topological polar surface area (TPSA) is 45.0 Å². The highest BCUT2D eigenvalue weighted by molar-refractivity contribution is 5.34. The summed E-state index contributed by atoms with van der Waals surface area (Å²) in [7, 11) is 1.69. The lowest BCUT2D eigenvalue weighted by Gasteiger charge is -2.26. The van der Waals surface area contributed by atoms with Gasteiger partial charge >= 0.3 is 0 Å². The molecule has 0 aliphatic carbocycles. The molecule has 0 amide bonds. The van der Waals surface area contributed by atoms with Crippen LogP contribution in [0.1, 0.15) is 11.1 Å². The molecule has 2 aromatic rings. The molecule has 1 N–H and O–H groups in total. The van der Waals surface area contributed by atoms with Crippen LogP contribution in [0, 0.1) is 24.1 Å². The Hall–Kier alpha value is -2.38. The third kappa shape index (κ3) is 3.04. The van der Waals surface area contributed by atoms with Gasteiger partial charge in [-0.1, -0.05) is 42.5 Å². The second kappa shape index (κ2) is 6.38. The summed E-state index contributed by atoms with van der Waals surface area (Å²) in [4.78, 5) is 0. The van der Waals surface area contributed by atoms with E-state index in [2.05, 4.69) is 11.4 Å². The molecule has 2 rings (SSSR count). The number of benzene rings is 2. The number of ether oxygens (including phenoxy) is 1. The lowest BCUT2D eigenvalue weighted by molar-refractivity contribution is 0.222. The van der Waals surface area contributed by atoms with Gasteiger partial charge in [-0.2, -0.15) is 5.26 Å². The zero-order valence-corrected chi connectivity index (χ0v) is 12.1. The fourth-order valence-corrected chi connectivity index (χ4v) is 2.09. The van der Waals surface area contributed by atoms with Crippen LogP contribution in [0.4, 0.5) is 4.39 Å². The minimum absolute atomic E-state index is 0.0182. The predicted molar refractivity (Wildman–Crippen MR) is 79.4 cm³/mol. The normalized spacial score (nSPS) is 13.2. The zero-order valence-electron chi connectivity index (χ0n) is 12.1. The summed E-state index contributed by atoms with van der Waals surface area (Å²) in [6.07, 6.45) is 0. The molecular formula is C17H17FN2O. The van der Waals surface area contributed by atoms with Crippen molar-refractivity contribution in [3.8, 4) is 11.8 Å². The van der Waals surface area contributed by atoms with Gasteiger partial charge in [-0.25, -0.2) is 4.39 Å². The maximum Gasteiger partial charge on any atom is 0.167 e. The van der Waals surface area contributed by atoms with Crippen molar-refractivity contribution in [3.05, 3.63) is 65.5 Å². The number of aryl methyl sites for hydroxylation is 1. The van der Waals surface area contributed by atoms with E-state index in [9.17, 15) is 9.65 Å². The molecule has 108 valence electrons. The maximum absolute atomic E-state index is 14.0. The summed E-state index contributed by atoms with van der Waals surface area (Å²) < 4.78 is 19.5. The average molecular weight is 284 g/mol. The van der Waals surface area contributed by atoms with Crippen molar-refractivity contribution in [1.82, 2.24) is 5.32 Å². The van der Waals surface area contributed by atoms with E-state index in [0.717, 1.165) is 5.56 Å². The van der Waals surface area contributed by atoms with Crippen LogP contribution < -0.4 is 10.1 Å². The van der Waals surface area contributed by atoms with Crippen molar-refractivity contribution in [2.45, 2.75) is 12.5 Å². The molecule has 4 heteroatoms. The number of nitriles is 1. The summed E-state index contributed by atoms with van der Waals surface area (Å²) in [5.41, 5.74) is 0.277. The van der Waals surface area contributed by atoms with Gasteiger partial charge in [0.25, 0.3) is 0 Å². The van der Waals surface area contributed by atoms with Crippen LogP contribution in [-0.2, 0) is 5.54 Å². The predicted octanol–water partition coefficient (Wildman–Crippen LogP) is 3.15. The second-order valence-corrected chi connectivity index (χ2v) is 4.81. The van der Waals surface area contributed by atoms with Gasteiger partial charge in [0.1, 0.15) is 6.61 Å². The Morgan fingerprint density at radius 1 is 1.19 bits per heavy atom. The molecule has 21 heavy (non-hydrogen) atoms. The first-order valence-corrected chi connectivity index (χ1v) is 6.66. The number of rotatable bonds is 5. The first kappa shape index (κ1) is 15.0. The standard InChI is InChI=1S/C17H17FN2O/c1-13-7-6-10-15(16(13)18)21-12-17(11-19,20-2)14-8-4-3-5-9-14/h3-10,20H,12H2,1-2H3. The highest BCUT2D eigenvalue weighted by Crippen LogP contribution is 2.24. The van der Waals surface area contributed by atoms with E-state index in [4.69, 9.17) is 4.74 Å². The quantitative estimate of drug-likeness (QED) is 0.917. The number of hydrogen-bond acceptors (Lipinski definition) is 3. The monoisotopic (exact) mass is 284 g/mol. The Morgan fingerprint density at radius 3 is 2.52 bits per heavy atom. The molecule has 0 heterocycles. The van der Waals surface area contributed by atoms with E-state index in [1.165, 1.54) is 0 Å². The summed E-state index contributed by atoms with van der Waals surface area (Å²) in [5.74, 6) is -0.241. The number of likely N-dealkylation sites (N-methyl/N-ethyl adjacent to an activating group) is 1. The molecule has 0 aliphatic heterocycles. The lowest BCUT2D eigenvalue weighted by Crippen LogP contribution is -2.44. The van der Waals surface area contributed by atoms with Gasteiger partial charge in [0, 0.05) is 0 Å². The van der Waals surface area contributed by atoms with E-state index < -0.39 is 11.4 Å². The van der Waals surface area contributed by atoms with Crippen molar-refractivity contribution in [2.24, 2.45) is 0 Å². The van der Waals surface area contributed by atoms with E-state index in [1.807, 2.05) is 30.3 Å². The van der Waals surface area contributed by atoms with Crippen LogP contribution in [0.2, 0.25) is 0 Å². The SMILES string of the molecule is CNC(C#N)(COc1cccc(C)c1F)c1ccccc1. The van der Waals surface area contributed by atoms with E-state index in [1.54, 1.807) is 32.2 Å². The van der Waals surface area contributed by atoms with Crippen LogP contribution in [-0.4, -0.2) is 13.7 Å². The molecule has 3 nitrogen and oxygen atoms in total. The number of hydrogen-bond donors (Lipinski definition) is 1. The van der Waals surface area contributed by atoms with Crippen LogP contribution in [0.25, 0.3) is 0 Å². The second-order valence-electron chi connectivity index (χ2n) is 4.81. The number of halogens is 1. The fraction of sp³-hybridized carbons (Fsp3) is 0.235. The van der Waals surface area contributed by atoms with Crippen LogP contribution in [0.5, 0.6) is 5.75 Å². The first-order valence-electron chi connectivity index (χ1n) is 6.66. The van der Waals surface area contributed by atoms with Gasteiger partial charge in [0.2, 0.25) is 0 Å². The van der Waals surface area contributed by atoms with Crippen molar-refractivity contribution in [3.63, 3.8) is 0 Å². The Labute approximate surface area is 124 Å². The Morgan fingerprint density at radius 2 is 1.90 bits per heavy atom. The maximum atomic E-state index is 14.0. The van der Waals surface area contributed by atoms with Crippen molar-refractivity contribution in [2.75, 3.05) is 13.7 Å². The third-order valence-electron chi connectivity index (χ3n) is 3.48. The number of nitrogens with one attached hydrogen (secondary N) is 1. The molecule has 0 fully saturated rings. The van der Waals surface area contributed by atoms with E-state index in [0.29, 0.717) is 5.56 Å². The van der Waals surface area contributed by atoms with E-state index in [-0.39, 0.29) is 12.4 Å². The molecule has 0 spiro atoms. The molecule has 0 bridgehead atoms. The van der Waals surface area contributed by atoms with Gasteiger partial charge in [0.15, 0.2) is 17.1 Å². The van der Waals surface area contributed by atoms with Crippen molar-refractivity contribution >= 4 is 0 Å². The van der Waals surface area contributed by atoms with Crippen molar-refractivity contribution < 1.29 is 9.13 Å². The lowest BCUT2D eigenvalue weighted by atomic mass is 9.92. The van der Waals surface area contributed by atoms with Crippen LogP contribution >= 0.6 is 0 Å². The van der Waals surface area contributed by atoms with Crippen LogP contribution in [0.3, 0.4) is 0 Å². The van der Waals surface area contributed by atoms with Crippen molar-refractivity contribution in [1.29, 1.82) is 5.26 Å². The summed E-state index contributed by atoms with van der Waals surface area (Å²) in [6, 6.07) is 16.5. The molecule has 2 aromatic carbocycles. The largest absolute Gasteiger partial charge is 0.487 e. The van der Waals surface area contributed by atoms with Gasteiger partial charge in [-0.15, -0.1) is 0 Å². The molecule has 1 atom stereocenters. The summed E-state index contributed by atoms with van der Waals surface area (Å²) in [6.45, 7) is 1.69. The van der Waals surface area contributed by atoms with Crippen LogP contribution in [0.15, 0.2) is 48.5 Å². The molecule has 0 aromatic heterocycles. The Bertz CT molecular complexity index is 652. The van der Waals surface area contributed by atoms with E-state index >= 15 is 0 Å². The molecule has 1 unspecified atom stereocenters. The highest BCUT2D eigenvalue weighted by atomic mass is 19.1. The summed E-state index contributed by atoms with van der Waals surface area (Å²) in [5, 5.41) is 12.5. The molecular weight excluding hydrogens is 267 g/mol. The third-order valence-corrected chi connectivity index (χ3v) is 3.48. The minimum Gasteiger partial charge on any atom is -0.487 e. The fourth-order valence-electron chi connectivity index (χ4n) is 2.09. The molecule has 0 radical (unpaired) electrons. The Kier molecular flexibility index (Phi) is 4.56. The number of nitrogens with zero attached hydrogens (tertiary/aromatic N) is 1. The van der Waals surface area contributed by atoms with Gasteiger partial charge < -0.3 is 4.74 Å². The Balaban J connectivity index is 2.26. The smallest absolute Gasteiger partial charge is 0.167 e. The average Bonchev–Trinajstić information content (AvgIpc) is 2.53. The van der Waals surface area contributed by atoms with Gasteiger partial charge in [-0.3, -0.25) is 5.32 Å². The first-order chi connectivity index (χ1) is 10.1. The molecule has 0 aliphatic rings. The summed E-state index contributed by atoms with van der Waals surface area (Å²) >= 11 is 0. The highest BCUT2D eigenvalue weighted by Gasteiger charge is 2.31. The van der Waals surface area contributed by atoms with Gasteiger partial charge in [0.05, 0.1) is 6.07 Å². The zero-order chi connectivity index (χ0) is 15.3.